The Hall–Kier alpha value is -4.00. The van der Waals surface area contributed by atoms with Crippen LogP contribution in [0.25, 0.3) is 34.4 Å². The van der Waals surface area contributed by atoms with Gasteiger partial charge in [0.1, 0.15) is 17.3 Å². The lowest BCUT2D eigenvalue weighted by Crippen LogP contribution is -2.09. The van der Waals surface area contributed by atoms with E-state index in [2.05, 4.69) is 9.97 Å². The first kappa shape index (κ1) is 16.5. The molecule has 0 radical (unpaired) electrons. The molecule has 7 heteroatoms. The molecule has 0 aliphatic heterocycles. The number of nitro groups is 1. The van der Waals surface area contributed by atoms with Crippen LogP contribution in [-0.4, -0.2) is 14.9 Å². The number of fused-ring (bicyclic) bond motifs is 1. The van der Waals surface area contributed by atoms with E-state index in [4.69, 9.17) is 4.42 Å². The molecular formula is C20H13N3O4. The second-order valence-corrected chi connectivity index (χ2v) is 5.81. The Bertz CT molecular complexity index is 1240. The highest BCUT2D eigenvalue weighted by molar-refractivity contribution is 5.78. The number of aromatic nitrogens is 2. The van der Waals surface area contributed by atoms with Crippen LogP contribution in [0.1, 0.15) is 11.6 Å². The number of benzene rings is 2. The summed E-state index contributed by atoms with van der Waals surface area (Å²) in [5.41, 5.74) is 1.01. The minimum atomic E-state index is -0.449. The van der Waals surface area contributed by atoms with E-state index < -0.39 is 4.92 Å². The SMILES string of the molecule is O=c1[nH]c(C=Cc2ccc(-c3cccc([N+](=O)[O-])c3)o2)nc2ccccc12. The van der Waals surface area contributed by atoms with Gasteiger partial charge in [-0.2, -0.15) is 0 Å². The first-order chi connectivity index (χ1) is 13.1. The fraction of sp³-hybridized carbons (Fsp3) is 0. The number of furan rings is 1. The molecule has 2 aromatic carbocycles. The zero-order valence-electron chi connectivity index (χ0n) is 14.0. The fourth-order valence-corrected chi connectivity index (χ4v) is 2.71. The number of nitrogens with zero attached hydrogens (tertiary/aromatic N) is 2. The van der Waals surface area contributed by atoms with Gasteiger partial charge < -0.3 is 9.40 Å². The monoisotopic (exact) mass is 359 g/mol. The van der Waals surface area contributed by atoms with Crippen molar-refractivity contribution in [2.45, 2.75) is 0 Å². The topological polar surface area (TPSA) is 102 Å². The molecular weight excluding hydrogens is 346 g/mol. The first-order valence-corrected chi connectivity index (χ1v) is 8.12. The van der Waals surface area contributed by atoms with Crippen LogP contribution in [0.5, 0.6) is 0 Å². The molecule has 0 atom stereocenters. The number of hydrogen-bond acceptors (Lipinski definition) is 5. The van der Waals surface area contributed by atoms with E-state index in [9.17, 15) is 14.9 Å². The molecule has 4 aromatic rings. The van der Waals surface area contributed by atoms with Crippen molar-refractivity contribution in [3.05, 3.63) is 92.7 Å². The molecule has 0 saturated carbocycles. The van der Waals surface area contributed by atoms with E-state index in [0.29, 0.717) is 33.8 Å². The van der Waals surface area contributed by atoms with E-state index in [1.54, 1.807) is 54.6 Å². The van der Waals surface area contributed by atoms with Gasteiger partial charge in [0, 0.05) is 17.7 Å². The molecule has 0 aliphatic rings. The van der Waals surface area contributed by atoms with Gasteiger partial charge in [-0.05, 0) is 36.4 Å². The van der Waals surface area contributed by atoms with E-state index in [-0.39, 0.29) is 11.2 Å². The minimum Gasteiger partial charge on any atom is -0.457 e. The predicted octanol–water partition coefficient (Wildman–Crippen LogP) is 4.26. The Morgan fingerprint density at radius 1 is 1.04 bits per heavy atom. The lowest BCUT2D eigenvalue weighted by Gasteiger charge is -1.98. The van der Waals surface area contributed by atoms with E-state index in [1.165, 1.54) is 12.1 Å². The molecule has 4 rings (SSSR count). The van der Waals surface area contributed by atoms with Gasteiger partial charge in [0.25, 0.3) is 11.2 Å². The summed E-state index contributed by atoms with van der Waals surface area (Å²) in [6.45, 7) is 0. The maximum Gasteiger partial charge on any atom is 0.270 e. The van der Waals surface area contributed by atoms with Crippen LogP contribution in [0, 0.1) is 10.1 Å². The molecule has 2 heterocycles. The van der Waals surface area contributed by atoms with Gasteiger partial charge in [-0.1, -0.05) is 24.3 Å². The van der Waals surface area contributed by atoms with Gasteiger partial charge in [-0.3, -0.25) is 14.9 Å². The number of nitrogens with one attached hydrogen (secondary N) is 1. The summed E-state index contributed by atoms with van der Waals surface area (Å²) in [6.07, 6.45) is 3.32. The molecule has 0 aliphatic carbocycles. The number of H-pyrrole nitrogens is 1. The van der Waals surface area contributed by atoms with E-state index in [1.807, 2.05) is 6.07 Å². The van der Waals surface area contributed by atoms with Crippen molar-refractivity contribution in [3.8, 4) is 11.3 Å². The molecule has 132 valence electrons. The lowest BCUT2D eigenvalue weighted by molar-refractivity contribution is -0.384. The second kappa shape index (κ2) is 6.72. The zero-order chi connectivity index (χ0) is 18.8. The van der Waals surface area contributed by atoms with Gasteiger partial charge in [0.05, 0.1) is 15.8 Å². The molecule has 0 saturated heterocycles. The maximum absolute atomic E-state index is 12.1. The van der Waals surface area contributed by atoms with Crippen LogP contribution in [0.4, 0.5) is 5.69 Å². The highest BCUT2D eigenvalue weighted by Crippen LogP contribution is 2.26. The Morgan fingerprint density at radius 2 is 1.89 bits per heavy atom. The fourth-order valence-electron chi connectivity index (χ4n) is 2.71. The number of rotatable bonds is 4. The number of nitro benzene ring substituents is 1. The van der Waals surface area contributed by atoms with E-state index in [0.717, 1.165) is 0 Å². The van der Waals surface area contributed by atoms with Crippen molar-refractivity contribution in [3.63, 3.8) is 0 Å². The second-order valence-electron chi connectivity index (χ2n) is 5.81. The van der Waals surface area contributed by atoms with Crippen LogP contribution in [0.3, 0.4) is 0 Å². The molecule has 0 amide bonds. The Morgan fingerprint density at radius 3 is 2.74 bits per heavy atom. The van der Waals surface area contributed by atoms with Crippen molar-refractivity contribution in [1.82, 2.24) is 9.97 Å². The third kappa shape index (κ3) is 3.38. The molecule has 0 fully saturated rings. The Labute approximate surface area is 152 Å². The van der Waals surface area contributed by atoms with Gasteiger partial charge in [-0.25, -0.2) is 4.98 Å². The normalized spacial score (nSPS) is 11.3. The van der Waals surface area contributed by atoms with Crippen LogP contribution in [0.15, 0.2) is 69.9 Å². The van der Waals surface area contributed by atoms with Crippen molar-refractivity contribution in [1.29, 1.82) is 0 Å². The Balaban J connectivity index is 1.62. The first-order valence-electron chi connectivity index (χ1n) is 8.12. The van der Waals surface area contributed by atoms with Gasteiger partial charge in [0.2, 0.25) is 0 Å². The molecule has 1 N–H and O–H groups in total. The van der Waals surface area contributed by atoms with Crippen molar-refractivity contribution in [2.24, 2.45) is 0 Å². The highest BCUT2D eigenvalue weighted by Gasteiger charge is 2.09. The summed E-state index contributed by atoms with van der Waals surface area (Å²) in [5, 5.41) is 11.4. The summed E-state index contributed by atoms with van der Waals surface area (Å²) in [6, 6.07) is 16.8. The molecule has 0 unspecified atom stereocenters. The van der Waals surface area contributed by atoms with Crippen LogP contribution in [-0.2, 0) is 0 Å². The summed E-state index contributed by atoms with van der Waals surface area (Å²) in [5.74, 6) is 1.46. The smallest absolute Gasteiger partial charge is 0.270 e. The van der Waals surface area contributed by atoms with Crippen molar-refractivity contribution >= 4 is 28.7 Å². The number of hydrogen-bond donors (Lipinski definition) is 1. The number of para-hydroxylation sites is 1. The average molecular weight is 359 g/mol. The number of non-ortho nitro benzene ring substituents is 1. The zero-order valence-corrected chi connectivity index (χ0v) is 14.0. The summed E-state index contributed by atoms with van der Waals surface area (Å²) in [4.78, 5) is 29.6. The third-order valence-electron chi connectivity index (χ3n) is 4.00. The lowest BCUT2D eigenvalue weighted by atomic mass is 10.1. The maximum atomic E-state index is 12.1. The molecule has 2 aromatic heterocycles. The average Bonchev–Trinajstić information content (AvgIpc) is 3.16. The quantitative estimate of drug-likeness (QED) is 0.433. The molecule has 7 nitrogen and oxygen atoms in total. The van der Waals surface area contributed by atoms with Crippen molar-refractivity contribution in [2.75, 3.05) is 0 Å². The molecule has 0 spiro atoms. The standard InChI is InChI=1S/C20H13N3O4/c24-20-16-6-1-2-7-17(16)21-19(22-20)11-9-15-8-10-18(27-15)13-4-3-5-14(12-13)23(25)26/h1-12H,(H,21,22,24). The highest BCUT2D eigenvalue weighted by atomic mass is 16.6. The summed E-state index contributed by atoms with van der Waals surface area (Å²) < 4.78 is 5.71. The van der Waals surface area contributed by atoms with Gasteiger partial charge in [0.15, 0.2) is 0 Å². The molecule has 0 bridgehead atoms. The number of aromatic amines is 1. The largest absolute Gasteiger partial charge is 0.457 e. The van der Waals surface area contributed by atoms with Gasteiger partial charge >= 0.3 is 0 Å². The summed E-state index contributed by atoms with van der Waals surface area (Å²) in [7, 11) is 0. The Kier molecular flexibility index (Phi) is 4.10. The van der Waals surface area contributed by atoms with E-state index >= 15 is 0 Å². The molecule has 27 heavy (non-hydrogen) atoms. The van der Waals surface area contributed by atoms with Crippen LogP contribution < -0.4 is 5.56 Å². The summed E-state index contributed by atoms with van der Waals surface area (Å²) >= 11 is 0. The van der Waals surface area contributed by atoms with Crippen LogP contribution in [0.2, 0.25) is 0 Å². The van der Waals surface area contributed by atoms with Gasteiger partial charge in [-0.15, -0.1) is 0 Å². The van der Waals surface area contributed by atoms with Crippen molar-refractivity contribution < 1.29 is 9.34 Å². The predicted molar refractivity (Wildman–Crippen MR) is 102 cm³/mol. The van der Waals surface area contributed by atoms with Crippen LogP contribution >= 0.6 is 0 Å². The third-order valence-corrected chi connectivity index (χ3v) is 4.00. The minimum absolute atomic E-state index is 0.000990.